The fraction of sp³-hybridized carbons (Fsp3) is 0.421. The molecule has 130 valence electrons. The molecule has 1 saturated heterocycles. The molecule has 6 heteroatoms. The van der Waals surface area contributed by atoms with Crippen LogP contribution in [0.25, 0.3) is 0 Å². The summed E-state index contributed by atoms with van der Waals surface area (Å²) in [4.78, 5) is 16.5. The Morgan fingerprint density at radius 1 is 1.16 bits per heavy atom. The van der Waals surface area contributed by atoms with Gasteiger partial charge in [0, 0.05) is 32.4 Å². The number of carbonyl (C=O) groups is 1. The Hall–Kier alpha value is -2.50. The van der Waals surface area contributed by atoms with Crippen molar-refractivity contribution in [2.24, 2.45) is 0 Å². The quantitative estimate of drug-likeness (QED) is 0.857. The van der Waals surface area contributed by atoms with Crippen molar-refractivity contribution in [1.82, 2.24) is 15.1 Å². The van der Waals surface area contributed by atoms with Gasteiger partial charge in [-0.3, -0.25) is 4.79 Å². The highest BCUT2D eigenvalue weighted by Gasteiger charge is 2.27. The zero-order valence-electron chi connectivity index (χ0n) is 14.1. The van der Waals surface area contributed by atoms with Gasteiger partial charge in [-0.1, -0.05) is 12.1 Å². The lowest BCUT2D eigenvalue weighted by atomic mass is 10.0. The standard InChI is InChI=1S/C19H21FN4O/c20-17-12-14(3-6-16(17)15-4-5-15)13-19(25)24-10-8-23(9-11-24)18-2-1-7-21-22-18/h1-3,6-7,12,15H,4-5,8-11,13H2. The summed E-state index contributed by atoms with van der Waals surface area (Å²) < 4.78 is 14.1. The van der Waals surface area contributed by atoms with E-state index in [0.717, 1.165) is 42.9 Å². The molecule has 1 aromatic heterocycles. The van der Waals surface area contributed by atoms with E-state index in [9.17, 15) is 9.18 Å². The average molecular weight is 340 g/mol. The Labute approximate surface area is 146 Å². The zero-order chi connectivity index (χ0) is 17.2. The summed E-state index contributed by atoms with van der Waals surface area (Å²) in [6.45, 7) is 2.77. The number of benzene rings is 1. The molecule has 2 fully saturated rings. The number of hydrogen-bond donors (Lipinski definition) is 0. The van der Waals surface area contributed by atoms with Crippen molar-refractivity contribution in [2.45, 2.75) is 25.2 Å². The molecule has 5 nitrogen and oxygen atoms in total. The first-order chi connectivity index (χ1) is 12.2. The number of nitrogens with zero attached hydrogens (tertiary/aromatic N) is 4. The first-order valence-electron chi connectivity index (χ1n) is 8.79. The molecule has 4 rings (SSSR count). The molecule has 1 aliphatic carbocycles. The number of hydrogen-bond acceptors (Lipinski definition) is 4. The fourth-order valence-corrected chi connectivity index (χ4v) is 3.34. The highest BCUT2D eigenvalue weighted by molar-refractivity contribution is 5.79. The van der Waals surface area contributed by atoms with E-state index in [4.69, 9.17) is 0 Å². The normalized spacial score (nSPS) is 17.6. The van der Waals surface area contributed by atoms with Crippen molar-refractivity contribution >= 4 is 11.7 Å². The summed E-state index contributed by atoms with van der Waals surface area (Å²) in [5, 5.41) is 8.00. The molecule has 2 aliphatic rings. The second-order valence-corrected chi connectivity index (χ2v) is 6.76. The lowest BCUT2D eigenvalue weighted by Gasteiger charge is -2.35. The predicted molar refractivity (Wildman–Crippen MR) is 92.9 cm³/mol. The van der Waals surface area contributed by atoms with E-state index >= 15 is 0 Å². The lowest BCUT2D eigenvalue weighted by molar-refractivity contribution is -0.130. The summed E-state index contributed by atoms with van der Waals surface area (Å²) in [6.07, 6.45) is 4.06. The maximum absolute atomic E-state index is 14.1. The van der Waals surface area contributed by atoms with E-state index in [1.165, 1.54) is 6.07 Å². The number of rotatable bonds is 4. The van der Waals surface area contributed by atoms with Crippen molar-refractivity contribution < 1.29 is 9.18 Å². The molecule has 2 aromatic rings. The minimum atomic E-state index is -0.166. The molecule has 2 heterocycles. The number of piperazine rings is 1. The van der Waals surface area contributed by atoms with Crippen LogP contribution in [-0.2, 0) is 11.2 Å². The number of aromatic nitrogens is 2. The Balaban J connectivity index is 1.34. The molecule has 1 aromatic carbocycles. The molecular weight excluding hydrogens is 319 g/mol. The summed E-state index contributed by atoms with van der Waals surface area (Å²) in [7, 11) is 0. The molecule has 0 radical (unpaired) electrons. The first kappa shape index (κ1) is 16.0. The number of halogens is 1. The number of anilines is 1. The van der Waals surface area contributed by atoms with E-state index in [1.54, 1.807) is 6.20 Å². The minimum absolute atomic E-state index is 0.0531. The third-order valence-electron chi connectivity index (χ3n) is 4.95. The number of carbonyl (C=O) groups excluding carboxylic acids is 1. The molecule has 0 N–H and O–H groups in total. The molecular formula is C19H21FN4O. The van der Waals surface area contributed by atoms with E-state index in [0.29, 0.717) is 19.0 Å². The Bertz CT molecular complexity index is 755. The van der Waals surface area contributed by atoms with Crippen molar-refractivity contribution in [3.8, 4) is 0 Å². The summed E-state index contributed by atoms with van der Waals surface area (Å²) in [5.74, 6) is 1.11. The summed E-state index contributed by atoms with van der Waals surface area (Å²) in [6, 6.07) is 9.06. The fourth-order valence-electron chi connectivity index (χ4n) is 3.34. The highest BCUT2D eigenvalue weighted by Crippen LogP contribution is 2.41. The van der Waals surface area contributed by atoms with Gasteiger partial charge in [0.25, 0.3) is 0 Å². The molecule has 1 aliphatic heterocycles. The van der Waals surface area contributed by atoms with Crippen molar-refractivity contribution in [3.05, 3.63) is 53.5 Å². The van der Waals surface area contributed by atoms with Crippen molar-refractivity contribution in [1.29, 1.82) is 0 Å². The lowest BCUT2D eigenvalue weighted by Crippen LogP contribution is -2.49. The molecule has 0 bridgehead atoms. The number of amides is 1. The van der Waals surface area contributed by atoms with Crippen LogP contribution in [-0.4, -0.2) is 47.2 Å². The molecule has 1 saturated carbocycles. The van der Waals surface area contributed by atoms with Crippen molar-refractivity contribution in [2.75, 3.05) is 31.1 Å². The topological polar surface area (TPSA) is 49.3 Å². The summed E-state index contributed by atoms with van der Waals surface area (Å²) >= 11 is 0. The van der Waals surface area contributed by atoms with E-state index in [2.05, 4.69) is 15.1 Å². The first-order valence-corrected chi connectivity index (χ1v) is 8.79. The van der Waals surface area contributed by atoms with Crippen LogP contribution in [0.3, 0.4) is 0 Å². The van der Waals surface area contributed by atoms with E-state index in [1.807, 2.05) is 29.2 Å². The van der Waals surface area contributed by atoms with Gasteiger partial charge >= 0.3 is 0 Å². The van der Waals surface area contributed by atoms with Gasteiger partial charge < -0.3 is 9.80 Å². The monoisotopic (exact) mass is 340 g/mol. The van der Waals surface area contributed by atoms with Crippen molar-refractivity contribution in [3.63, 3.8) is 0 Å². The van der Waals surface area contributed by atoms with Crippen LogP contribution in [0.15, 0.2) is 36.5 Å². The van der Waals surface area contributed by atoms with Gasteiger partial charge in [-0.05, 0) is 48.1 Å². The maximum Gasteiger partial charge on any atom is 0.227 e. The highest BCUT2D eigenvalue weighted by atomic mass is 19.1. The molecule has 0 unspecified atom stereocenters. The largest absolute Gasteiger partial charge is 0.352 e. The molecule has 25 heavy (non-hydrogen) atoms. The van der Waals surface area contributed by atoms with Gasteiger partial charge in [0.1, 0.15) is 5.82 Å². The second kappa shape index (κ2) is 6.78. The predicted octanol–water partition coefficient (Wildman–Crippen LogP) is 2.38. The SMILES string of the molecule is O=C(Cc1ccc(C2CC2)c(F)c1)N1CCN(c2cccnn2)CC1. The van der Waals surface area contributed by atoms with Crippen LogP contribution >= 0.6 is 0 Å². The Morgan fingerprint density at radius 2 is 1.96 bits per heavy atom. The zero-order valence-corrected chi connectivity index (χ0v) is 14.1. The van der Waals surface area contributed by atoms with Gasteiger partial charge in [0.05, 0.1) is 6.42 Å². The molecule has 0 atom stereocenters. The van der Waals surface area contributed by atoms with Gasteiger partial charge in [-0.15, -0.1) is 5.10 Å². The Kier molecular flexibility index (Phi) is 4.34. The van der Waals surface area contributed by atoms with E-state index in [-0.39, 0.29) is 18.1 Å². The smallest absolute Gasteiger partial charge is 0.227 e. The average Bonchev–Trinajstić information content (AvgIpc) is 3.48. The minimum Gasteiger partial charge on any atom is -0.352 e. The third kappa shape index (κ3) is 3.62. The molecule has 0 spiro atoms. The van der Waals surface area contributed by atoms with Crippen LogP contribution in [0, 0.1) is 5.82 Å². The Morgan fingerprint density at radius 3 is 2.60 bits per heavy atom. The van der Waals surface area contributed by atoms with Gasteiger partial charge in [-0.2, -0.15) is 5.10 Å². The summed E-state index contributed by atoms with van der Waals surface area (Å²) in [5.41, 5.74) is 1.55. The van der Waals surface area contributed by atoms with Gasteiger partial charge in [0.15, 0.2) is 5.82 Å². The van der Waals surface area contributed by atoms with Crippen LogP contribution in [0.1, 0.15) is 29.9 Å². The van der Waals surface area contributed by atoms with E-state index < -0.39 is 0 Å². The van der Waals surface area contributed by atoms with Crippen LogP contribution < -0.4 is 4.90 Å². The molecule has 1 amide bonds. The third-order valence-corrected chi connectivity index (χ3v) is 4.95. The van der Waals surface area contributed by atoms with Gasteiger partial charge in [0.2, 0.25) is 5.91 Å². The van der Waals surface area contributed by atoms with Crippen LogP contribution in [0.4, 0.5) is 10.2 Å². The maximum atomic E-state index is 14.1. The van der Waals surface area contributed by atoms with Crippen LogP contribution in [0.2, 0.25) is 0 Å². The van der Waals surface area contributed by atoms with Gasteiger partial charge in [-0.25, -0.2) is 4.39 Å². The second-order valence-electron chi connectivity index (χ2n) is 6.76. The van der Waals surface area contributed by atoms with Crippen LogP contribution in [0.5, 0.6) is 0 Å².